The van der Waals surface area contributed by atoms with Crippen molar-refractivity contribution in [2.75, 3.05) is 12.4 Å². The van der Waals surface area contributed by atoms with Crippen molar-refractivity contribution in [2.24, 2.45) is 0 Å². The van der Waals surface area contributed by atoms with E-state index >= 15 is 0 Å². The van der Waals surface area contributed by atoms with Crippen LogP contribution in [0.25, 0.3) is 5.82 Å². The first-order valence-corrected chi connectivity index (χ1v) is 7.14. The molecule has 0 spiro atoms. The Morgan fingerprint density at radius 2 is 2.05 bits per heavy atom. The van der Waals surface area contributed by atoms with Crippen LogP contribution in [0.3, 0.4) is 0 Å². The summed E-state index contributed by atoms with van der Waals surface area (Å²) < 4.78 is 2.87. The Labute approximate surface area is 121 Å². The number of rotatable bonds is 4. The van der Waals surface area contributed by atoms with Crippen molar-refractivity contribution < 1.29 is 0 Å². The van der Waals surface area contributed by atoms with Crippen LogP contribution in [0.2, 0.25) is 0 Å². The third-order valence-electron chi connectivity index (χ3n) is 2.91. The highest BCUT2D eigenvalue weighted by molar-refractivity contribution is 9.10. The van der Waals surface area contributed by atoms with Gasteiger partial charge in [-0.05, 0) is 36.2 Å². The molecule has 0 amide bonds. The van der Waals surface area contributed by atoms with Crippen molar-refractivity contribution in [3.05, 3.63) is 27.8 Å². The summed E-state index contributed by atoms with van der Waals surface area (Å²) >= 11 is 3.54. The van der Waals surface area contributed by atoms with Crippen LogP contribution in [0.1, 0.15) is 30.6 Å². The molecular formula is C13H18BrN5. The molecule has 2 rings (SSSR count). The summed E-state index contributed by atoms with van der Waals surface area (Å²) in [6.07, 6.45) is 1.89. The first-order chi connectivity index (χ1) is 9.06. The van der Waals surface area contributed by atoms with Gasteiger partial charge in [0, 0.05) is 19.5 Å². The third-order valence-corrected chi connectivity index (χ3v) is 4.06. The van der Waals surface area contributed by atoms with Gasteiger partial charge in [-0.3, -0.25) is 0 Å². The van der Waals surface area contributed by atoms with Gasteiger partial charge in [0.15, 0.2) is 5.82 Å². The fourth-order valence-electron chi connectivity index (χ4n) is 1.90. The number of anilines is 1. The van der Waals surface area contributed by atoms with Crippen LogP contribution < -0.4 is 5.32 Å². The molecule has 2 heterocycles. The van der Waals surface area contributed by atoms with Crippen LogP contribution in [-0.2, 0) is 6.42 Å². The van der Waals surface area contributed by atoms with Crippen LogP contribution in [0.5, 0.6) is 0 Å². The van der Waals surface area contributed by atoms with Gasteiger partial charge in [-0.15, -0.1) is 0 Å². The van der Waals surface area contributed by atoms with Gasteiger partial charge in [-0.1, -0.05) is 6.92 Å². The summed E-state index contributed by atoms with van der Waals surface area (Å²) in [6, 6.07) is 1.91. The molecule has 0 saturated carbocycles. The van der Waals surface area contributed by atoms with Gasteiger partial charge >= 0.3 is 0 Å². The highest BCUT2D eigenvalue weighted by atomic mass is 79.9. The zero-order chi connectivity index (χ0) is 14.0. The quantitative estimate of drug-likeness (QED) is 0.939. The molecule has 0 aromatic carbocycles. The Morgan fingerprint density at radius 3 is 2.58 bits per heavy atom. The molecular weight excluding hydrogens is 306 g/mol. The van der Waals surface area contributed by atoms with Crippen molar-refractivity contribution in [3.63, 3.8) is 0 Å². The summed E-state index contributed by atoms with van der Waals surface area (Å²) in [7, 11) is 1.86. The third kappa shape index (κ3) is 2.78. The van der Waals surface area contributed by atoms with Crippen LogP contribution in [0, 0.1) is 13.8 Å². The van der Waals surface area contributed by atoms with Crippen molar-refractivity contribution >= 4 is 21.7 Å². The number of hydrogen-bond donors (Lipinski definition) is 1. The van der Waals surface area contributed by atoms with E-state index in [1.807, 2.05) is 31.6 Å². The van der Waals surface area contributed by atoms with Gasteiger partial charge in [0.2, 0.25) is 0 Å². The number of nitrogens with zero attached hydrogens (tertiary/aromatic N) is 4. The molecule has 2 aromatic heterocycles. The van der Waals surface area contributed by atoms with E-state index in [1.54, 1.807) is 0 Å². The second-order valence-electron chi connectivity index (χ2n) is 4.42. The molecule has 0 bridgehead atoms. The lowest BCUT2D eigenvalue weighted by atomic mass is 10.3. The predicted octanol–water partition coefficient (Wildman–Crippen LogP) is 3.04. The molecule has 0 aliphatic carbocycles. The number of nitrogens with one attached hydrogen (secondary N) is 1. The average molecular weight is 324 g/mol. The van der Waals surface area contributed by atoms with Gasteiger partial charge in [0.25, 0.3) is 0 Å². The fourth-order valence-corrected chi connectivity index (χ4v) is 2.15. The molecule has 0 aliphatic rings. The average Bonchev–Trinajstić information content (AvgIpc) is 2.66. The molecule has 0 saturated heterocycles. The second-order valence-corrected chi connectivity index (χ2v) is 5.22. The molecule has 19 heavy (non-hydrogen) atoms. The summed E-state index contributed by atoms with van der Waals surface area (Å²) in [5.41, 5.74) is 2.00. The maximum absolute atomic E-state index is 4.59. The lowest BCUT2D eigenvalue weighted by molar-refractivity contribution is 0.767. The Morgan fingerprint density at radius 1 is 1.32 bits per heavy atom. The molecule has 2 aromatic rings. The van der Waals surface area contributed by atoms with Crippen LogP contribution in [0.15, 0.2) is 10.5 Å². The molecule has 5 nitrogen and oxygen atoms in total. The van der Waals surface area contributed by atoms with E-state index < -0.39 is 0 Å². The molecule has 0 unspecified atom stereocenters. The van der Waals surface area contributed by atoms with Crippen molar-refractivity contribution in [1.29, 1.82) is 0 Å². The highest BCUT2D eigenvalue weighted by Crippen LogP contribution is 2.23. The SMILES string of the molecule is CCCc1nc(NC)cc(-n2nc(C)c(Br)c2C)n1. The molecule has 102 valence electrons. The number of aromatic nitrogens is 4. The smallest absolute Gasteiger partial charge is 0.159 e. The van der Waals surface area contributed by atoms with E-state index in [0.717, 1.165) is 46.2 Å². The molecule has 0 aliphatic heterocycles. The monoisotopic (exact) mass is 323 g/mol. The first-order valence-electron chi connectivity index (χ1n) is 6.34. The predicted molar refractivity (Wildman–Crippen MR) is 79.9 cm³/mol. The zero-order valence-electron chi connectivity index (χ0n) is 11.7. The van der Waals surface area contributed by atoms with Crippen molar-refractivity contribution in [1.82, 2.24) is 19.7 Å². The Hall–Kier alpha value is -1.43. The van der Waals surface area contributed by atoms with Crippen molar-refractivity contribution in [3.8, 4) is 5.82 Å². The number of halogens is 1. The van der Waals surface area contributed by atoms with E-state index in [0.29, 0.717) is 0 Å². The Balaban J connectivity index is 2.54. The maximum Gasteiger partial charge on any atom is 0.159 e. The van der Waals surface area contributed by atoms with E-state index in [4.69, 9.17) is 0 Å². The normalized spacial score (nSPS) is 10.8. The molecule has 0 atom stereocenters. The minimum Gasteiger partial charge on any atom is -0.373 e. The number of aryl methyl sites for hydroxylation is 2. The largest absolute Gasteiger partial charge is 0.373 e. The second kappa shape index (κ2) is 5.69. The van der Waals surface area contributed by atoms with E-state index in [2.05, 4.69) is 43.2 Å². The maximum atomic E-state index is 4.59. The lowest BCUT2D eigenvalue weighted by Gasteiger charge is -2.08. The van der Waals surface area contributed by atoms with Crippen molar-refractivity contribution in [2.45, 2.75) is 33.6 Å². The van der Waals surface area contributed by atoms with E-state index in [-0.39, 0.29) is 0 Å². The minimum atomic E-state index is 0.800. The standard InChI is InChI=1S/C13H18BrN5/c1-5-6-10-16-11(15-4)7-12(17-10)19-9(3)13(14)8(2)18-19/h7H,5-6H2,1-4H3,(H,15,16,17). The Bertz CT molecular complexity index is 591. The van der Waals surface area contributed by atoms with Crippen LogP contribution >= 0.6 is 15.9 Å². The van der Waals surface area contributed by atoms with Gasteiger partial charge in [-0.2, -0.15) is 5.10 Å². The lowest BCUT2D eigenvalue weighted by Crippen LogP contribution is -2.08. The topological polar surface area (TPSA) is 55.6 Å². The Kier molecular flexibility index (Phi) is 4.19. The van der Waals surface area contributed by atoms with E-state index in [9.17, 15) is 0 Å². The molecule has 6 heteroatoms. The fraction of sp³-hybridized carbons (Fsp3) is 0.462. The van der Waals surface area contributed by atoms with Crippen LogP contribution in [0.4, 0.5) is 5.82 Å². The zero-order valence-corrected chi connectivity index (χ0v) is 13.2. The van der Waals surface area contributed by atoms with Crippen LogP contribution in [-0.4, -0.2) is 26.8 Å². The first kappa shape index (κ1) is 14.0. The molecule has 0 radical (unpaired) electrons. The summed E-state index contributed by atoms with van der Waals surface area (Å²) in [5.74, 6) is 2.46. The summed E-state index contributed by atoms with van der Waals surface area (Å²) in [6.45, 7) is 6.11. The summed E-state index contributed by atoms with van der Waals surface area (Å²) in [5, 5.41) is 7.58. The molecule has 1 N–H and O–H groups in total. The highest BCUT2D eigenvalue weighted by Gasteiger charge is 2.13. The van der Waals surface area contributed by atoms with Gasteiger partial charge < -0.3 is 5.32 Å². The molecule has 0 fully saturated rings. The van der Waals surface area contributed by atoms with E-state index in [1.165, 1.54) is 0 Å². The van der Waals surface area contributed by atoms with Gasteiger partial charge in [-0.25, -0.2) is 14.6 Å². The minimum absolute atomic E-state index is 0.800. The summed E-state index contributed by atoms with van der Waals surface area (Å²) in [4.78, 5) is 9.04. The van der Waals surface area contributed by atoms with Gasteiger partial charge in [0.05, 0.1) is 15.9 Å². The van der Waals surface area contributed by atoms with Gasteiger partial charge in [0.1, 0.15) is 11.6 Å². The number of hydrogen-bond acceptors (Lipinski definition) is 4.